The molecule has 0 radical (unpaired) electrons. The molecule has 1 nitrogen and oxygen atoms in total. The molecule has 0 amide bonds. The Labute approximate surface area is 282 Å². The molecule has 48 heavy (non-hydrogen) atoms. The van der Waals surface area contributed by atoms with Gasteiger partial charge in [-0.2, -0.15) is 0 Å². The second-order valence-corrected chi connectivity index (χ2v) is 13.7. The third-order valence-corrected chi connectivity index (χ3v) is 11.3. The molecule has 0 fully saturated rings. The Balaban J connectivity index is 1.40. The van der Waals surface area contributed by atoms with Crippen molar-refractivity contribution in [3.05, 3.63) is 230 Å². The van der Waals surface area contributed by atoms with E-state index in [0.29, 0.717) is 5.56 Å². The van der Waals surface area contributed by atoms with Gasteiger partial charge in [-0.1, -0.05) is 169 Å². The molecule has 3 atom stereocenters. The SMILES string of the molecule is Cc1ccc(C2(c3ccc(C=O)cc3)C3=C(C=C4C(C3)c3ccccc3C4(c3ccccc3)c3ccc(C)cc3)c3ccccc32)cc1. The van der Waals surface area contributed by atoms with Gasteiger partial charge < -0.3 is 0 Å². The first-order valence-corrected chi connectivity index (χ1v) is 17.0. The van der Waals surface area contributed by atoms with E-state index in [9.17, 15) is 4.79 Å². The zero-order valence-electron chi connectivity index (χ0n) is 27.3. The second-order valence-electron chi connectivity index (χ2n) is 13.7. The molecule has 0 saturated heterocycles. The molecule has 1 heteroatoms. The Morgan fingerprint density at radius 2 is 1.06 bits per heavy atom. The highest BCUT2D eigenvalue weighted by molar-refractivity contribution is 5.93. The van der Waals surface area contributed by atoms with Crippen molar-refractivity contribution < 1.29 is 4.79 Å². The fraction of sp³-hybridized carbons (Fsp3) is 0.128. The third-order valence-electron chi connectivity index (χ3n) is 11.3. The second kappa shape index (κ2) is 10.8. The topological polar surface area (TPSA) is 17.1 Å². The number of aryl methyl sites for hydroxylation is 2. The maximum Gasteiger partial charge on any atom is 0.150 e. The molecule has 6 aromatic rings. The van der Waals surface area contributed by atoms with Gasteiger partial charge in [0.1, 0.15) is 6.29 Å². The number of fused-ring (bicyclic) bond motifs is 5. The molecule has 0 aliphatic heterocycles. The molecule has 0 spiro atoms. The van der Waals surface area contributed by atoms with Crippen molar-refractivity contribution in [2.24, 2.45) is 0 Å². The molecule has 0 heterocycles. The van der Waals surface area contributed by atoms with E-state index in [0.717, 1.165) is 12.7 Å². The number of benzene rings is 6. The highest BCUT2D eigenvalue weighted by Crippen LogP contribution is 2.66. The first-order valence-electron chi connectivity index (χ1n) is 17.0. The van der Waals surface area contributed by atoms with Crippen molar-refractivity contribution in [2.75, 3.05) is 0 Å². The number of allylic oxidation sites excluding steroid dienone is 4. The van der Waals surface area contributed by atoms with E-state index >= 15 is 0 Å². The summed E-state index contributed by atoms with van der Waals surface area (Å²) in [5, 5.41) is 0. The lowest BCUT2D eigenvalue weighted by Crippen LogP contribution is -2.33. The molecule has 6 aromatic carbocycles. The van der Waals surface area contributed by atoms with Crippen LogP contribution in [0.15, 0.2) is 169 Å². The van der Waals surface area contributed by atoms with Gasteiger partial charge in [0.05, 0.1) is 10.8 Å². The van der Waals surface area contributed by atoms with Crippen molar-refractivity contribution in [3.63, 3.8) is 0 Å². The Morgan fingerprint density at radius 3 is 1.71 bits per heavy atom. The molecule has 9 rings (SSSR count). The predicted molar refractivity (Wildman–Crippen MR) is 196 cm³/mol. The lowest BCUT2D eigenvalue weighted by Gasteiger charge is -2.40. The van der Waals surface area contributed by atoms with Crippen LogP contribution in [-0.2, 0) is 10.8 Å². The van der Waals surface area contributed by atoms with Crippen LogP contribution < -0.4 is 0 Å². The largest absolute Gasteiger partial charge is 0.298 e. The third kappa shape index (κ3) is 3.82. The quantitative estimate of drug-likeness (QED) is 0.176. The van der Waals surface area contributed by atoms with Crippen molar-refractivity contribution >= 4 is 11.9 Å². The van der Waals surface area contributed by atoms with Crippen molar-refractivity contribution in [3.8, 4) is 0 Å². The molecule has 0 saturated carbocycles. The Hall–Kier alpha value is -5.53. The van der Waals surface area contributed by atoms with Crippen molar-refractivity contribution in [1.29, 1.82) is 0 Å². The Bertz CT molecular complexity index is 2270. The molecule has 230 valence electrons. The zero-order valence-corrected chi connectivity index (χ0v) is 27.3. The minimum atomic E-state index is -0.486. The molecule has 3 unspecified atom stereocenters. The fourth-order valence-corrected chi connectivity index (χ4v) is 9.26. The summed E-state index contributed by atoms with van der Waals surface area (Å²) in [6.45, 7) is 4.32. The standard InChI is InChI=1S/C47H36O/c1-31-16-22-35(23-17-31)46(34-10-4-3-5-11-34)42-14-8-6-12-38(42)40-29-45-41(28-44(40)46)39-13-7-9-15-43(39)47(45,36-24-18-32(2)19-25-36)37-26-20-33(30-48)21-27-37/h3-28,30,40H,29H2,1-2H3. The van der Waals surface area contributed by atoms with Crippen LogP contribution in [0.3, 0.4) is 0 Å². The van der Waals surface area contributed by atoms with E-state index in [-0.39, 0.29) is 5.92 Å². The number of rotatable bonds is 5. The number of carbonyl (C=O) groups excluding carboxylic acids is 1. The molecule has 3 aliphatic carbocycles. The molecule has 3 aliphatic rings. The van der Waals surface area contributed by atoms with Crippen molar-refractivity contribution in [2.45, 2.75) is 37.0 Å². The average molecular weight is 617 g/mol. The number of hydrogen-bond acceptors (Lipinski definition) is 1. The van der Waals surface area contributed by atoms with Gasteiger partial charge in [-0.05, 0) is 81.5 Å². The maximum absolute atomic E-state index is 11.8. The van der Waals surface area contributed by atoms with E-state index < -0.39 is 10.8 Å². The predicted octanol–water partition coefficient (Wildman–Crippen LogP) is 10.7. The van der Waals surface area contributed by atoms with E-state index in [4.69, 9.17) is 0 Å². The Morgan fingerprint density at radius 1 is 0.542 bits per heavy atom. The first kappa shape index (κ1) is 28.7. The van der Waals surface area contributed by atoms with Gasteiger partial charge in [0.2, 0.25) is 0 Å². The minimum Gasteiger partial charge on any atom is -0.298 e. The number of hydrogen-bond donors (Lipinski definition) is 0. The van der Waals surface area contributed by atoms with Gasteiger partial charge in [0, 0.05) is 11.5 Å². The Kier molecular flexibility index (Phi) is 6.42. The van der Waals surface area contributed by atoms with Gasteiger partial charge in [-0.15, -0.1) is 0 Å². The van der Waals surface area contributed by atoms with E-state index in [1.165, 1.54) is 72.4 Å². The van der Waals surface area contributed by atoms with Gasteiger partial charge >= 0.3 is 0 Å². The molecule has 0 bridgehead atoms. The number of carbonyl (C=O) groups is 1. The fourth-order valence-electron chi connectivity index (χ4n) is 9.26. The first-order chi connectivity index (χ1) is 23.6. The smallest absolute Gasteiger partial charge is 0.150 e. The number of aldehydes is 1. The van der Waals surface area contributed by atoms with Crippen molar-refractivity contribution in [1.82, 2.24) is 0 Å². The minimum absolute atomic E-state index is 0.204. The van der Waals surface area contributed by atoms with Gasteiger partial charge in [0.15, 0.2) is 0 Å². The van der Waals surface area contributed by atoms with E-state index in [1.807, 2.05) is 12.1 Å². The molecule has 0 N–H and O–H groups in total. The summed E-state index contributed by atoms with van der Waals surface area (Å²) in [7, 11) is 0. The van der Waals surface area contributed by atoms with Gasteiger partial charge in [-0.25, -0.2) is 0 Å². The average Bonchev–Trinajstić information content (AvgIpc) is 3.60. The highest BCUT2D eigenvalue weighted by atomic mass is 16.1. The summed E-state index contributed by atoms with van der Waals surface area (Å²) in [5.41, 5.74) is 17.0. The molecular formula is C47H36O. The molecular weight excluding hydrogens is 581 g/mol. The van der Waals surface area contributed by atoms with Crippen LogP contribution in [0.2, 0.25) is 0 Å². The van der Waals surface area contributed by atoms with E-state index in [2.05, 4.69) is 159 Å². The summed E-state index contributed by atoms with van der Waals surface area (Å²) in [6.07, 6.45) is 4.41. The van der Waals surface area contributed by atoms with Crippen LogP contribution in [0.4, 0.5) is 0 Å². The normalized spacial score (nSPS) is 22.0. The van der Waals surface area contributed by atoms with Crippen LogP contribution in [0, 0.1) is 13.8 Å². The molecule has 0 aromatic heterocycles. The summed E-state index contributed by atoms with van der Waals surface area (Å²) < 4.78 is 0. The van der Waals surface area contributed by atoms with Crippen LogP contribution in [-0.4, -0.2) is 6.29 Å². The zero-order chi connectivity index (χ0) is 32.5. The summed E-state index contributed by atoms with van der Waals surface area (Å²) in [4.78, 5) is 11.8. The lowest BCUT2D eigenvalue weighted by atomic mass is 9.61. The summed E-state index contributed by atoms with van der Waals surface area (Å²) in [6, 6.07) is 56.0. The highest BCUT2D eigenvalue weighted by Gasteiger charge is 2.56. The van der Waals surface area contributed by atoms with Crippen LogP contribution in [0.25, 0.3) is 5.57 Å². The van der Waals surface area contributed by atoms with Crippen LogP contribution in [0.1, 0.15) is 78.3 Å². The lowest BCUT2D eigenvalue weighted by molar-refractivity contribution is 0.112. The van der Waals surface area contributed by atoms with Gasteiger partial charge in [-0.3, -0.25) is 4.79 Å². The summed E-state index contributed by atoms with van der Waals surface area (Å²) >= 11 is 0. The van der Waals surface area contributed by atoms with E-state index in [1.54, 1.807) is 0 Å². The summed E-state index contributed by atoms with van der Waals surface area (Å²) in [5.74, 6) is 0.204. The van der Waals surface area contributed by atoms with Crippen LogP contribution in [0.5, 0.6) is 0 Å². The van der Waals surface area contributed by atoms with Gasteiger partial charge in [0.25, 0.3) is 0 Å². The van der Waals surface area contributed by atoms with Crippen LogP contribution >= 0.6 is 0 Å². The maximum atomic E-state index is 11.8. The monoisotopic (exact) mass is 616 g/mol.